The van der Waals surface area contributed by atoms with Gasteiger partial charge in [-0.3, -0.25) is 4.79 Å². The van der Waals surface area contributed by atoms with Crippen LogP contribution >= 0.6 is 0 Å². The molecule has 0 aliphatic heterocycles. The molecule has 2 aromatic carbocycles. The minimum Gasteiger partial charge on any atom is -0.384 e. The van der Waals surface area contributed by atoms with E-state index in [1.807, 2.05) is 24.3 Å². The number of carbonyl (C=O) groups excluding carboxylic acids is 1. The zero-order valence-corrected chi connectivity index (χ0v) is 15.0. The van der Waals surface area contributed by atoms with Crippen molar-refractivity contribution in [2.45, 2.75) is 19.3 Å². The second-order valence-electron chi connectivity index (χ2n) is 6.26. The van der Waals surface area contributed by atoms with Gasteiger partial charge < -0.3 is 10.6 Å². The molecule has 27 heavy (non-hydrogen) atoms. The molecule has 0 bridgehead atoms. The maximum atomic E-state index is 13.6. The fourth-order valence-corrected chi connectivity index (χ4v) is 2.74. The molecule has 0 aliphatic rings. The first-order chi connectivity index (χ1) is 13.2. The second kappa shape index (κ2) is 9.48. The van der Waals surface area contributed by atoms with Gasteiger partial charge in [0.2, 0.25) is 5.91 Å². The number of hydrogen-bond donors (Lipinski definition) is 2. The van der Waals surface area contributed by atoms with Crippen LogP contribution in [0.4, 0.5) is 15.9 Å². The summed E-state index contributed by atoms with van der Waals surface area (Å²) in [6, 6.07) is 20.2. The van der Waals surface area contributed by atoms with Crippen LogP contribution < -0.4 is 10.6 Å². The fraction of sp³-hybridized carbons (Fsp3) is 0.182. The Hall–Kier alpha value is -3.21. The van der Waals surface area contributed by atoms with Crippen molar-refractivity contribution in [3.8, 4) is 0 Å². The van der Waals surface area contributed by atoms with Gasteiger partial charge in [0.1, 0.15) is 11.6 Å². The van der Waals surface area contributed by atoms with Gasteiger partial charge in [0.05, 0.1) is 18.3 Å². The molecule has 1 aromatic heterocycles. The molecule has 1 amide bonds. The molecule has 138 valence electrons. The molecule has 1 heterocycles. The lowest BCUT2D eigenvalue weighted by Crippen LogP contribution is -2.16. The third-order valence-electron chi connectivity index (χ3n) is 4.15. The van der Waals surface area contributed by atoms with Gasteiger partial charge in [-0.05, 0) is 42.2 Å². The lowest BCUT2D eigenvalue weighted by molar-refractivity contribution is -0.115. The summed E-state index contributed by atoms with van der Waals surface area (Å²) in [6.45, 7) is 0.843. The van der Waals surface area contributed by atoms with Crippen molar-refractivity contribution in [1.82, 2.24) is 4.98 Å². The molecule has 4 nitrogen and oxygen atoms in total. The van der Waals surface area contributed by atoms with E-state index in [0.717, 1.165) is 25.1 Å². The number of nitrogens with zero attached hydrogens (tertiary/aromatic N) is 1. The van der Waals surface area contributed by atoms with E-state index in [9.17, 15) is 9.18 Å². The zero-order chi connectivity index (χ0) is 18.9. The van der Waals surface area contributed by atoms with Crippen LogP contribution in [0.15, 0.2) is 72.9 Å². The van der Waals surface area contributed by atoms with Gasteiger partial charge in [0, 0.05) is 6.54 Å². The number of aromatic nitrogens is 1. The summed E-state index contributed by atoms with van der Waals surface area (Å²) >= 11 is 0. The first-order valence-corrected chi connectivity index (χ1v) is 8.98. The van der Waals surface area contributed by atoms with Gasteiger partial charge in [0.25, 0.3) is 0 Å². The number of amides is 1. The smallest absolute Gasteiger partial charge is 0.230 e. The summed E-state index contributed by atoms with van der Waals surface area (Å²) in [5.41, 5.74) is 2.59. The predicted octanol–water partition coefficient (Wildman–Crippen LogP) is 4.45. The summed E-state index contributed by atoms with van der Waals surface area (Å²) in [4.78, 5) is 16.3. The molecule has 0 radical (unpaired) electrons. The summed E-state index contributed by atoms with van der Waals surface area (Å²) in [7, 11) is 0. The SMILES string of the molecule is O=C(Cc1ccccc1F)Nc1ccc(NCCCc2ccccc2)cn1. The largest absolute Gasteiger partial charge is 0.384 e. The number of hydrogen-bond acceptors (Lipinski definition) is 3. The quantitative estimate of drug-likeness (QED) is 0.582. The molecule has 0 atom stereocenters. The molecular formula is C22H22FN3O. The molecule has 0 fully saturated rings. The minimum atomic E-state index is -0.379. The molecule has 0 aliphatic carbocycles. The van der Waals surface area contributed by atoms with Gasteiger partial charge in [-0.1, -0.05) is 48.5 Å². The van der Waals surface area contributed by atoms with E-state index in [-0.39, 0.29) is 18.1 Å². The van der Waals surface area contributed by atoms with Crippen molar-refractivity contribution in [2.24, 2.45) is 0 Å². The number of rotatable bonds is 8. The zero-order valence-electron chi connectivity index (χ0n) is 15.0. The maximum absolute atomic E-state index is 13.6. The Morgan fingerprint density at radius 2 is 1.74 bits per heavy atom. The molecule has 0 spiro atoms. The Morgan fingerprint density at radius 3 is 2.48 bits per heavy atom. The van der Waals surface area contributed by atoms with E-state index in [2.05, 4.69) is 27.8 Å². The Kier molecular flexibility index (Phi) is 6.52. The molecular weight excluding hydrogens is 341 g/mol. The minimum absolute atomic E-state index is 0.0200. The van der Waals surface area contributed by atoms with Gasteiger partial charge in [-0.25, -0.2) is 9.37 Å². The standard InChI is InChI=1S/C22H22FN3O/c23-20-11-5-4-10-18(20)15-22(27)26-21-13-12-19(16-25-21)24-14-6-9-17-7-2-1-3-8-17/h1-5,7-8,10-13,16,24H,6,9,14-15H2,(H,25,26,27). The van der Waals surface area contributed by atoms with Crippen LogP contribution in [0.25, 0.3) is 0 Å². The van der Waals surface area contributed by atoms with Crippen LogP contribution in [-0.4, -0.2) is 17.4 Å². The summed E-state index contributed by atoms with van der Waals surface area (Å²) < 4.78 is 13.6. The molecule has 2 N–H and O–H groups in total. The van der Waals surface area contributed by atoms with Crippen LogP contribution in [0.3, 0.4) is 0 Å². The van der Waals surface area contributed by atoms with E-state index in [1.54, 1.807) is 30.5 Å². The molecule has 0 saturated carbocycles. The third kappa shape index (κ3) is 5.92. The van der Waals surface area contributed by atoms with Gasteiger partial charge in [-0.2, -0.15) is 0 Å². The lowest BCUT2D eigenvalue weighted by atomic mass is 10.1. The summed E-state index contributed by atoms with van der Waals surface area (Å²) in [6.07, 6.45) is 3.70. The Morgan fingerprint density at radius 1 is 0.963 bits per heavy atom. The van der Waals surface area contributed by atoms with E-state index >= 15 is 0 Å². The van der Waals surface area contributed by atoms with Crippen molar-refractivity contribution in [2.75, 3.05) is 17.2 Å². The Balaban J connectivity index is 1.43. The average molecular weight is 363 g/mol. The van der Waals surface area contributed by atoms with Crippen LogP contribution in [-0.2, 0) is 17.6 Å². The van der Waals surface area contributed by atoms with Crippen molar-refractivity contribution >= 4 is 17.4 Å². The van der Waals surface area contributed by atoms with E-state index in [0.29, 0.717) is 11.4 Å². The third-order valence-corrected chi connectivity index (χ3v) is 4.15. The highest BCUT2D eigenvalue weighted by Crippen LogP contribution is 2.12. The van der Waals surface area contributed by atoms with E-state index in [4.69, 9.17) is 0 Å². The molecule has 3 rings (SSSR count). The lowest BCUT2D eigenvalue weighted by Gasteiger charge is -2.08. The van der Waals surface area contributed by atoms with E-state index < -0.39 is 0 Å². The molecule has 0 unspecified atom stereocenters. The normalized spacial score (nSPS) is 10.4. The number of nitrogens with one attached hydrogen (secondary N) is 2. The average Bonchev–Trinajstić information content (AvgIpc) is 2.69. The highest BCUT2D eigenvalue weighted by Gasteiger charge is 2.08. The highest BCUT2D eigenvalue weighted by molar-refractivity contribution is 5.91. The van der Waals surface area contributed by atoms with Crippen LogP contribution in [0.5, 0.6) is 0 Å². The topological polar surface area (TPSA) is 54.0 Å². The van der Waals surface area contributed by atoms with Gasteiger partial charge in [-0.15, -0.1) is 0 Å². The number of carbonyl (C=O) groups is 1. The molecule has 0 saturated heterocycles. The second-order valence-corrected chi connectivity index (χ2v) is 6.26. The van der Waals surface area contributed by atoms with Crippen LogP contribution in [0, 0.1) is 5.82 Å². The van der Waals surface area contributed by atoms with E-state index in [1.165, 1.54) is 11.6 Å². The van der Waals surface area contributed by atoms with Crippen molar-refractivity contribution in [3.63, 3.8) is 0 Å². The number of benzene rings is 2. The van der Waals surface area contributed by atoms with Gasteiger partial charge >= 0.3 is 0 Å². The predicted molar refractivity (Wildman–Crippen MR) is 106 cm³/mol. The van der Waals surface area contributed by atoms with Crippen molar-refractivity contribution in [1.29, 1.82) is 0 Å². The first kappa shape index (κ1) is 18.6. The monoisotopic (exact) mass is 363 g/mol. The Labute approximate surface area is 158 Å². The number of pyridine rings is 1. The number of aryl methyl sites for hydroxylation is 1. The summed E-state index contributed by atoms with van der Waals surface area (Å²) in [5, 5.41) is 6.01. The fourth-order valence-electron chi connectivity index (χ4n) is 2.74. The van der Waals surface area contributed by atoms with Crippen LogP contribution in [0.1, 0.15) is 17.5 Å². The Bertz CT molecular complexity index is 866. The summed E-state index contributed by atoms with van der Waals surface area (Å²) in [5.74, 6) is -0.224. The van der Waals surface area contributed by atoms with Crippen LogP contribution in [0.2, 0.25) is 0 Å². The number of halogens is 1. The highest BCUT2D eigenvalue weighted by atomic mass is 19.1. The van der Waals surface area contributed by atoms with Gasteiger partial charge in [0.15, 0.2) is 0 Å². The van der Waals surface area contributed by atoms with Crippen molar-refractivity contribution < 1.29 is 9.18 Å². The first-order valence-electron chi connectivity index (χ1n) is 8.98. The molecule has 5 heteroatoms. The molecule has 3 aromatic rings. The number of anilines is 2. The van der Waals surface area contributed by atoms with Crippen molar-refractivity contribution in [3.05, 3.63) is 89.9 Å². The maximum Gasteiger partial charge on any atom is 0.230 e.